The van der Waals surface area contributed by atoms with Crippen molar-refractivity contribution in [1.29, 1.82) is 0 Å². The summed E-state index contributed by atoms with van der Waals surface area (Å²) in [4.78, 5) is 9.01. The molecular weight excluding hydrogens is 148 g/mol. The van der Waals surface area contributed by atoms with Crippen LogP contribution in [0, 0.1) is 5.21 Å². The Hall–Kier alpha value is -0.200. The molecule has 0 fully saturated rings. The number of hydrogen-bond acceptors (Lipinski definition) is 5. The summed E-state index contributed by atoms with van der Waals surface area (Å²) < 4.78 is 0. The summed E-state index contributed by atoms with van der Waals surface area (Å²) in [6.45, 7) is 7.18. The van der Waals surface area contributed by atoms with Crippen LogP contribution in [-0.4, -0.2) is 17.5 Å². The lowest BCUT2D eigenvalue weighted by Crippen LogP contribution is -2.33. The second kappa shape index (κ2) is 5.45. The third-order valence-corrected chi connectivity index (χ3v) is 0.660. The highest BCUT2D eigenvalue weighted by Gasteiger charge is 1.97. The summed E-state index contributed by atoms with van der Waals surface area (Å²) in [5.74, 6) is 0. The average molecular weight is 163 g/mol. The molecule has 0 spiro atoms. The zero-order chi connectivity index (χ0) is 8.85. The minimum atomic E-state index is -0.179. The van der Waals surface area contributed by atoms with Crippen molar-refractivity contribution in [2.45, 2.75) is 39.8 Å². The Balaban J connectivity index is 3.29. The highest BCUT2D eigenvalue weighted by atomic mass is 17.2. The molecule has 0 amide bonds. The zero-order valence-corrected chi connectivity index (χ0v) is 7.33. The summed E-state index contributed by atoms with van der Waals surface area (Å²) in [5, 5.41) is 10.6. The average Bonchev–Trinajstić information content (AvgIpc) is 1.82. The first-order valence-corrected chi connectivity index (χ1v) is 3.59. The fraction of sp³-hybridized carbons (Fsp3) is 1.00. The van der Waals surface area contributed by atoms with Crippen molar-refractivity contribution in [1.82, 2.24) is 10.9 Å². The van der Waals surface area contributed by atoms with Crippen LogP contribution in [0.3, 0.4) is 0 Å². The smallest absolute Gasteiger partial charge is 0.0753 e. The monoisotopic (exact) mass is 163 g/mol. The lowest BCUT2D eigenvalue weighted by atomic mass is 10.4. The Morgan fingerprint density at radius 3 is 2.18 bits per heavy atom. The van der Waals surface area contributed by atoms with Crippen molar-refractivity contribution >= 4 is 0 Å². The van der Waals surface area contributed by atoms with Gasteiger partial charge in [0.05, 0.1) is 6.10 Å². The minimum absolute atomic E-state index is 0.0602. The lowest BCUT2D eigenvalue weighted by molar-refractivity contribution is -0.379. The van der Waals surface area contributed by atoms with Gasteiger partial charge < -0.3 is 5.21 Å². The molecular formula is C6H15N2O3-. The van der Waals surface area contributed by atoms with Gasteiger partial charge in [-0.3, -0.25) is 4.84 Å². The molecule has 0 bridgehead atoms. The lowest BCUT2D eigenvalue weighted by Gasteiger charge is -2.27. The van der Waals surface area contributed by atoms with Gasteiger partial charge in [0.25, 0.3) is 0 Å². The van der Waals surface area contributed by atoms with Crippen LogP contribution < -0.4 is 5.48 Å². The Morgan fingerprint density at radius 2 is 1.82 bits per heavy atom. The van der Waals surface area contributed by atoms with Crippen LogP contribution >= 0.6 is 0 Å². The Kier molecular flexibility index (Phi) is 5.35. The molecule has 0 aliphatic rings. The molecule has 0 aliphatic carbocycles. The Labute approximate surface area is 66.7 Å². The molecule has 0 aromatic rings. The number of rotatable bonds is 5. The third-order valence-electron chi connectivity index (χ3n) is 0.660. The molecule has 68 valence electrons. The summed E-state index contributed by atoms with van der Waals surface area (Å²) in [7, 11) is 0. The highest BCUT2D eigenvalue weighted by Crippen LogP contribution is 1.93. The van der Waals surface area contributed by atoms with Gasteiger partial charge in [-0.05, 0) is 27.7 Å². The van der Waals surface area contributed by atoms with Crippen molar-refractivity contribution in [3.8, 4) is 0 Å². The van der Waals surface area contributed by atoms with E-state index in [-0.39, 0.29) is 17.5 Å². The van der Waals surface area contributed by atoms with Gasteiger partial charge in [0, 0.05) is 6.04 Å². The van der Waals surface area contributed by atoms with E-state index in [1.807, 2.05) is 13.8 Å². The standard InChI is InChI=1S/C6H15N2O3/c1-5(2)7-11-8(9)10-6(3)4/h5-7H,1-4H3/q-1. The van der Waals surface area contributed by atoms with Gasteiger partial charge in [0.1, 0.15) is 0 Å². The first-order valence-electron chi connectivity index (χ1n) is 3.59. The van der Waals surface area contributed by atoms with Gasteiger partial charge in [-0.25, -0.2) is 0 Å². The predicted molar refractivity (Wildman–Crippen MR) is 40.8 cm³/mol. The molecule has 0 heterocycles. The van der Waals surface area contributed by atoms with E-state index in [0.717, 1.165) is 0 Å². The van der Waals surface area contributed by atoms with Gasteiger partial charge in [0.2, 0.25) is 0 Å². The van der Waals surface area contributed by atoms with Crippen LogP contribution in [0.5, 0.6) is 0 Å². The van der Waals surface area contributed by atoms with Gasteiger partial charge >= 0.3 is 0 Å². The number of hydrogen-bond donors (Lipinski definition) is 1. The Bertz CT molecular complexity index is 97.8. The SMILES string of the molecule is CC(C)NON([O-])OC(C)C. The molecule has 5 nitrogen and oxygen atoms in total. The molecule has 11 heavy (non-hydrogen) atoms. The molecule has 0 aromatic carbocycles. The van der Waals surface area contributed by atoms with E-state index >= 15 is 0 Å². The molecule has 5 heteroatoms. The van der Waals surface area contributed by atoms with Crippen LogP contribution in [0.15, 0.2) is 0 Å². The maximum Gasteiger partial charge on any atom is 0.0753 e. The van der Waals surface area contributed by atoms with E-state index in [4.69, 9.17) is 0 Å². The topological polar surface area (TPSA) is 56.8 Å². The Morgan fingerprint density at radius 1 is 1.27 bits per heavy atom. The van der Waals surface area contributed by atoms with Crippen LogP contribution in [0.2, 0.25) is 0 Å². The molecule has 1 N–H and O–H groups in total. The maximum atomic E-state index is 10.6. The molecule has 0 saturated heterocycles. The summed E-state index contributed by atoms with van der Waals surface area (Å²) in [5.41, 5.74) is 2.44. The molecule has 0 saturated carbocycles. The molecule has 0 aliphatic heterocycles. The maximum absolute atomic E-state index is 10.6. The van der Waals surface area contributed by atoms with Crippen molar-refractivity contribution in [3.63, 3.8) is 0 Å². The highest BCUT2D eigenvalue weighted by molar-refractivity contribution is 4.38. The van der Waals surface area contributed by atoms with Gasteiger partial charge in [0.15, 0.2) is 0 Å². The number of nitrogens with zero attached hydrogens (tertiary/aromatic N) is 1. The van der Waals surface area contributed by atoms with Gasteiger partial charge in [-0.1, -0.05) is 0 Å². The zero-order valence-electron chi connectivity index (χ0n) is 7.33. The molecule has 0 atom stereocenters. The second-order valence-corrected chi connectivity index (χ2v) is 2.74. The first-order chi connectivity index (χ1) is 5.02. The molecule has 0 unspecified atom stereocenters. The summed E-state index contributed by atoms with van der Waals surface area (Å²) >= 11 is 0. The quantitative estimate of drug-likeness (QED) is 0.612. The predicted octanol–water partition coefficient (Wildman–Crippen LogP) is 0.971. The fourth-order valence-electron chi connectivity index (χ4n) is 0.342. The van der Waals surface area contributed by atoms with E-state index in [2.05, 4.69) is 15.3 Å². The van der Waals surface area contributed by atoms with Crippen molar-refractivity contribution in [2.75, 3.05) is 0 Å². The van der Waals surface area contributed by atoms with Crippen LogP contribution in [0.25, 0.3) is 0 Å². The summed E-state index contributed by atoms with van der Waals surface area (Å²) in [6, 6.07) is 0.0854. The third kappa shape index (κ3) is 7.70. The summed E-state index contributed by atoms with van der Waals surface area (Å²) in [6.07, 6.45) is -0.179. The fourth-order valence-corrected chi connectivity index (χ4v) is 0.342. The minimum Gasteiger partial charge on any atom is -0.736 e. The van der Waals surface area contributed by atoms with Crippen LogP contribution in [-0.2, 0) is 9.78 Å². The van der Waals surface area contributed by atoms with Gasteiger partial charge in [-0.15, -0.1) is 5.39 Å². The molecule has 0 aromatic heterocycles. The van der Waals surface area contributed by atoms with Crippen molar-refractivity contribution in [2.24, 2.45) is 0 Å². The van der Waals surface area contributed by atoms with Crippen molar-refractivity contribution < 1.29 is 9.78 Å². The van der Waals surface area contributed by atoms with Crippen LogP contribution in [0.1, 0.15) is 27.7 Å². The van der Waals surface area contributed by atoms with Crippen LogP contribution in [0.4, 0.5) is 0 Å². The molecule has 0 radical (unpaired) electrons. The number of nitrogens with one attached hydrogen (secondary N) is 1. The largest absolute Gasteiger partial charge is 0.736 e. The van der Waals surface area contributed by atoms with E-state index in [9.17, 15) is 5.21 Å². The van der Waals surface area contributed by atoms with Crippen molar-refractivity contribution in [3.05, 3.63) is 5.21 Å². The van der Waals surface area contributed by atoms with E-state index in [1.54, 1.807) is 13.8 Å². The van der Waals surface area contributed by atoms with E-state index < -0.39 is 0 Å². The van der Waals surface area contributed by atoms with E-state index in [0.29, 0.717) is 0 Å². The number of hydroxylamine groups is 1. The molecule has 0 rings (SSSR count). The first kappa shape index (κ1) is 10.8. The van der Waals surface area contributed by atoms with Gasteiger partial charge in [-0.2, -0.15) is 10.4 Å². The normalized spacial score (nSPS) is 12.0. The second-order valence-electron chi connectivity index (χ2n) is 2.74. The van der Waals surface area contributed by atoms with E-state index in [1.165, 1.54) is 0 Å².